The largest absolute Gasteiger partial charge is 0.481 e. The van der Waals surface area contributed by atoms with E-state index in [0.29, 0.717) is 25.8 Å². The van der Waals surface area contributed by atoms with Gasteiger partial charge in [0.25, 0.3) is 0 Å². The number of carboxylic acid groups (broad SMARTS) is 1. The molecule has 0 heterocycles. The van der Waals surface area contributed by atoms with E-state index in [4.69, 9.17) is 9.84 Å². The molecular formula is C26H30N2O5. The van der Waals surface area contributed by atoms with Gasteiger partial charge in [-0.05, 0) is 47.4 Å². The van der Waals surface area contributed by atoms with E-state index in [9.17, 15) is 14.4 Å². The maximum atomic E-state index is 12.3. The van der Waals surface area contributed by atoms with Crippen molar-refractivity contribution in [1.82, 2.24) is 10.6 Å². The summed E-state index contributed by atoms with van der Waals surface area (Å²) < 4.78 is 5.53. The van der Waals surface area contributed by atoms with Crippen LogP contribution in [0.15, 0.2) is 48.5 Å². The first-order valence-corrected chi connectivity index (χ1v) is 11.5. The Labute approximate surface area is 193 Å². The standard InChI is InChI=1S/C26H30N2O5/c1-16(12-24(29)28-18-11-10-17(13-18)25(30)31)14-27-26(32)33-15-23-21-8-4-2-6-19(21)20-7-3-5-9-22(20)23/h2-9,16-18,23H,10-15H2,1H3,(H,27,32)(H,28,29)(H,30,31)/t16?,17-,18+/m0/s1. The number of carbonyl (C=O) groups is 3. The van der Waals surface area contributed by atoms with Crippen LogP contribution in [0.5, 0.6) is 0 Å². The Morgan fingerprint density at radius 3 is 2.27 bits per heavy atom. The summed E-state index contributed by atoms with van der Waals surface area (Å²) in [6, 6.07) is 16.3. The summed E-state index contributed by atoms with van der Waals surface area (Å²) in [5.41, 5.74) is 4.68. The highest BCUT2D eigenvalue weighted by Crippen LogP contribution is 2.44. The van der Waals surface area contributed by atoms with Gasteiger partial charge in [0, 0.05) is 24.9 Å². The van der Waals surface area contributed by atoms with E-state index in [2.05, 4.69) is 34.9 Å². The molecule has 4 rings (SSSR count). The highest BCUT2D eigenvalue weighted by atomic mass is 16.5. The molecule has 33 heavy (non-hydrogen) atoms. The van der Waals surface area contributed by atoms with Gasteiger partial charge in [-0.2, -0.15) is 0 Å². The van der Waals surface area contributed by atoms with Crippen LogP contribution in [0.25, 0.3) is 11.1 Å². The molecule has 3 N–H and O–H groups in total. The number of fused-ring (bicyclic) bond motifs is 3. The molecule has 0 aliphatic heterocycles. The van der Waals surface area contributed by atoms with E-state index >= 15 is 0 Å². The van der Waals surface area contributed by atoms with Crippen LogP contribution in [0, 0.1) is 11.8 Å². The Balaban J connectivity index is 1.21. The van der Waals surface area contributed by atoms with Crippen molar-refractivity contribution in [2.75, 3.05) is 13.2 Å². The summed E-state index contributed by atoms with van der Waals surface area (Å²) in [5, 5.41) is 14.8. The van der Waals surface area contributed by atoms with Gasteiger partial charge < -0.3 is 20.5 Å². The highest BCUT2D eigenvalue weighted by Gasteiger charge is 2.31. The maximum absolute atomic E-state index is 12.3. The van der Waals surface area contributed by atoms with Crippen LogP contribution in [0.1, 0.15) is 49.7 Å². The van der Waals surface area contributed by atoms with Crippen molar-refractivity contribution >= 4 is 18.0 Å². The summed E-state index contributed by atoms with van der Waals surface area (Å²) in [6.07, 6.45) is 1.53. The van der Waals surface area contributed by atoms with Crippen LogP contribution in [0.2, 0.25) is 0 Å². The molecule has 0 radical (unpaired) electrons. The molecule has 0 aromatic heterocycles. The summed E-state index contributed by atoms with van der Waals surface area (Å²) >= 11 is 0. The van der Waals surface area contributed by atoms with Crippen LogP contribution in [0.3, 0.4) is 0 Å². The van der Waals surface area contributed by atoms with Crippen LogP contribution in [-0.2, 0) is 14.3 Å². The zero-order valence-electron chi connectivity index (χ0n) is 18.8. The first-order chi connectivity index (χ1) is 15.9. The molecule has 2 aliphatic rings. The molecule has 1 unspecified atom stereocenters. The van der Waals surface area contributed by atoms with Crippen molar-refractivity contribution in [3.8, 4) is 11.1 Å². The Morgan fingerprint density at radius 2 is 1.67 bits per heavy atom. The van der Waals surface area contributed by atoms with Crippen LogP contribution in [0.4, 0.5) is 4.79 Å². The monoisotopic (exact) mass is 450 g/mol. The number of hydrogen-bond donors (Lipinski definition) is 3. The minimum atomic E-state index is -0.799. The molecule has 2 aromatic carbocycles. The second-order valence-electron chi connectivity index (χ2n) is 9.13. The SMILES string of the molecule is CC(CNC(=O)OCC1c2ccccc2-c2ccccc21)CC(=O)N[C@@H]1CC[C@H](C(=O)O)C1. The number of rotatable bonds is 8. The van der Waals surface area contributed by atoms with Gasteiger partial charge in [-0.3, -0.25) is 9.59 Å². The number of carbonyl (C=O) groups excluding carboxylic acids is 2. The molecule has 7 nitrogen and oxygen atoms in total. The van der Waals surface area contributed by atoms with Gasteiger partial charge in [0.1, 0.15) is 6.61 Å². The lowest BCUT2D eigenvalue weighted by atomic mass is 9.98. The average Bonchev–Trinajstić information content (AvgIpc) is 3.39. The van der Waals surface area contributed by atoms with Crippen molar-refractivity contribution in [3.05, 3.63) is 59.7 Å². The Hall–Kier alpha value is -3.35. The number of benzene rings is 2. The van der Waals surface area contributed by atoms with Crippen LogP contribution >= 0.6 is 0 Å². The predicted molar refractivity (Wildman–Crippen MR) is 124 cm³/mol. The van der Waals surface area contributed by atoms with Gasteiger partial charge in [0.15, 0.2) is 0 Å². The van der Waals surface area contributed by atoms with Gasteiger partial charge >= 0.3 is 12.1 Å². The third kappa shape index (κ3) is 5.35. The van der Waals surface area contributed by atoms with Crippen molar-refractivity contribution < 1.29 is 24.2 Å². The number of ether oxygens (including phenoxy) is 1. The van der Waals surface area contributed by atoms with Crippen LogP contribution < -0.4 is 10.6 Å². The van der Waals surface area contributed by atoms with E-state index in [1.54, 1.807) is 0 Å². The molecule has 2 aromatic rings. The smallest absolute Gasteiger partial charge is 0.407 e. The third-order valence-corrected chi connectivity index (χ3v) is 6.62. The zero-order valence-corrected chi connectivity index (χ0v) is 18.8. The molecule has 2 aliphatic carbocycles. The van der Waals surface area contributed by atoms with Crippen molar-refractivity contribution in [2.24, 2.45) is 11.8 Å². The quantitative estimate of drug-likeness (QED) is 0.565. The Morgan fingerprint density at radius 1 is 1.03 bits per heavy atom. The van der Waals surface area contributed by atoms with Gasteiger partial charge in [0.2, 0.25) is 5.91 Å². The molecule has 1 fully saturated rings. The molecule has 7 heteroatoms. The molecule has 3 atom stereocenters. The molecule has 174 valence electrons. The lowest BCUT2D eigenvalue weighted by Gasteiger charge is -2.17. The van der Waals surface area contributed by atoms with Gasteiger partial charge in [-0.15, -0.1) is 0 Å². The average molecular weight is 451 g/mol. The van der Waals surface area contributed by atoms with E-state index in [1.165, 1.54) is 11.1 Å². The number of nitrogens with one attached hydrogen (secondary N) is 2. The minimum Gasteiger partial charge on any atom is -0.481 e. The fourth-order valence-corrected chi connectivity index (χ4v) is 4.92. The van der Waals surface area contributed by atoms with E-state index < -0.39 is 12.1 Å². The maximum Gasteiger partial charge on any atom is 0.407 e. The van der Waals surface area contributed by atoms with Crippen molar-refractivity contribution in [3.63, 3.8) is 0 Å². The topological polar surface area (TPSA) is 105 Å². The highest BCUT2D eigenvalue weighted by molar-refractivity contribution is 5.79. The second-order valence-corrected chi connectivity index (χ2v) is 9.13. The van der Waals surface area contributed by atoms with E-state index in [0.717, 1.165) is 11.1 Å². The molecule has 0 bridgehead atoms. The number of carboxylic acids is 1. The fourth-order valence-electron chi connectivity index (χ4n) is 4.92. The number of amides is 2. The van der Waals surface area contributed by atoms with Crippen molar-refractivity contribution in [2.45, 2.75) is 44.6 Å². The first-order valence-electron chi connectivity index (χ1n) is 11.5. The van der Waals surface area contributed by atoms with Crippen LogP contribution in [-0.4, -0.2) is 42.3 Å². The molecule has 0 saturated heterocycles. The summed E-state index contributed by atoms with van der Waals surface area (Å²) in [7, 11) is 0. The molecule has 1 saturated carbocycles. The Bertz CT molecular complexity index is 991. The minimum absolute atomic E-state index is 0.00684. The van der Waals surface area contributed by atoms with E-state index in [1.807, 2.05) is 31.2 Å². The number of alkyl carbamates (subject to hydrolysis) is 1. The number of aliphatic carboxylic acids is 1. The molecular weight excluding hydrogens is 420 g/mol. The second kappa shape index (κ2) is 10.1. The van der Waals surface area contributed by atoms with Gasteiger partial charge in [0.05, 0.1) is 5.92 Å². The summed E-state index contributed by atoms with van der Waals surface area (Å²) in [4.78, 5) is 35.6. The first kappa shape index (κ1) is 22.8. The van der Waals surface area contributed by atoms with Gasteiger partial charge in [-0.25, -0.2) is 4.79 Å². The zero-order chi connectivity index (χ0) is 23.4. The normalized spacial score (nSPS) is 19.9. The fraction of sp³-hybridized carbons (Fsp3) is 0.423. The third-order valence-electron chi connectivity index (χ3n) is 6.62. The number of hydrogen-bond acceptors (Lipinski definition) is 4. The lowest BCUT2D eigenvalue weighted by molar-refractivity contribution is -0.141. The summed E-state index contributed by atoms with van der Waals surface area (Å²) in [6.45, 7) is 2.46. The Kier molecular flexibility index (Phi) is 6.96. The molecule has 0 spiro atoms. The summed E-state index contributed by atoms with van der Waals surface area (Å²) in [5.74, 6) is -1.35. The van der Waals surface area contributed by atoms with Crippen molar-refractivity contribution in [1.29, 1.82) is 0 Å². The lowest BCUT2D eigenvalue weighted by Crippen LogP contribution is -2.36. The molecule has 2 amide bonds. The predicted octanol–water partition coefficient (Wildman–Crippen LogP) is 3.92. The van der Waals surface area contributed by atoms with E-state index in [-0.39, 0.29) is 42.7 Å². The van der Waals surface area contributed by atoms with Gasteiger partial charge in [-0.1, -0.05) is 55.5 Å².